The topological polar surface area (TPSA) is 68.2 Å². The Bertz CT molecular complexity index is 933. The molecule has 0 aliphatic carbocycles. The van der Waals surface area contributed by atoms with Gasteiger partial charge in [0, 0.05) is 24.7 Å². The van der Waals surface area contributed by atoms with Gasteiger partial charge in [-0.2, -0.15) is 13.2 Å². The molecule has 9 heteroatoms. The zero-order valence-corrected chi connectivity index (χ0v) is 18.4. The third kappa shape index (κ3) is 4.66. The average Bonchev–Trinajstić information content (AvgIpc) is 3.27. The molecule has 0 bridgehead atoms. The first-order valence-electron chi connectivity index (χ1n) is 10.7. The van der Waals surface area contributed by atoms with Crippen molar-refractivity contribution in [2.45, 2.75) is 45.7 Å². The molecule has 2 unspecified atom stereocenters. The van der Waals surface area contributed by atoms with Crippen molar-refractivity contribution in [2.75, 3.05) is 26.3 Å². The maximum Gasteiger partial charge on any atom is 0.416 e. The highest BCUT2D eigenvalue weighted by Gasteiger charge is 2.47. The van der Waals surface area contributed by atoms with Crippen molar-refractivity contribution in [1.29, 1.82) is 0 Å². The molecule has 6 nitrogen and oxygen atoms in total. The minimum atomic E-state index is -4.67. The Hall–Kier alpha value is -2.84. The van der Waals surface area contributed by atoms with Crippen molar-refractivity contribution in [3.05, 3.63) is 46.8 Å². The molecule has 2 aliphatic heterocycles. The standard InChI is InChI=1S/C23H27F3N2O4/c1-4-31-21(29)17-14(3)27-20(28-12-8-9-13-28)19(22(30)32-5-2)18(17)15-10-6-7-11-16(15)23(24,25)26/h6-7,10-11,17-18H,4-5,8-9,12-13H2,1-3H3. The van der Waals surface area contributed by atoms with Crippen LogP contribution in [0, 0.1) is 5.92 Å². The van der Waals surface area contributed by atoms with Crippen LogP contribution in [-0.2, 0) is 25.2 Å². The number of alkyl halides is 3. The van der Waals surface area contributed by atoms with Gasteiger partial charge in [-0.25, -0.2) is 9.79 Å². The lowest BCUT2D eigenvalue weighted by Gasteiger charge is -2.35. The largest absolute Gasteiger partial charge is 0.465 e. The second-order valence-corrected chi connectivity index (χ2v) is 7.70. The van der Waals surface area contributed by atoms with Crippen LogP contribution in [0.1, 0.15) is 50.7 Å². The predicted molar refractivity (Wildman–Crippen MR) is 112 cm³/mol. The first-order chi connectivity index (χ1) is 15.2. The van der Waals surface area contributed by atoms with Gasteiger partial charge in [-0.15, -0.1) is 0 Å². The zero-order chi connectivity index (χ0) is 23.5. The SMILES string of the molecule is CCOC(=O)C1=C(N2CCCC2)N=C(C)C(C(=O)OCC)C1c1ccccc1C(F)(F)F. The number of aliphatic imine (C=N–C) groups is 1. The van der Waals surface area contributed by atoms with Crippen LogP contribution < -0.4 is 0 Å². The van der Waals surface area contributed by atoms with Crippen LogP contribution >= 0.6 is 0 Å². The van der Waals surface area contributed by atoms with Crippen LogP contribution in [0.25, 0.3) is 0 Å². The van der Waals surface area contributed by atoms with E-state index in [1.807, 2.05) is 4.90 Å². The molecule has 1 aromatic rings. The molecule has 1 aromatic carbocycles. The van der Waals surface area contributed by atoms with Gasteiger partial charge < -0.3 is 14.4 Å². The van der Waals surface area contributed by atoms with Crippen LogP contribution in [-0.4, -0.2) is 48.9 Å². The van der Waals surface area contributed by atoms with E-state index in [1.165, 1.54) is 18.2 Å². The van der Waals surface area contributed by atoms with E-state index in [-0.39, 0.29) is 30.2 Å². The maximum atomic E-state index is 14.0. The van der Waals surface area contributed by atoms with Crippen molar-refractivity contribution in [3.63, 3.8) is 0 Å². The fraction of sp³-hybridized carbons (Fsp3) is 0.522. The normalized spacial score (nSPS) is 21.4. The van der Waals surface area contributed by atoms with Crippen LogP contribution in [0.4, 0.5) is 13.2 Å². The van der Waals surface area contributed by atoms with E-state index < -0.39 is 35.5 Å². The summed E-state index contributed by atoms with van der Waals surface area (Å²) in [7, 11) is 0. The van der Waals surface area contributed by atoms with Gasteiger partial charge in [0.05, 0.1) is 24.4 Å². The second kappa shape index (κ2) is 9.75. The summed E-state index contributed by atoms with van der Waals surface area (Å²) in [5.74, 6) is -3.64. The average molecular weight is 452 g/mol. The summed E-state index contributed by atoms with van der Waals surface area (Å²) < 4.78 is 52.3. The van der Waals surface area contributed by atoms with Crippen molar-refractivity contribution < 1.29 is 32.2 Å². The number of halogens is 3. The summed E-state index contributed by atoms with van der Waals surface area (Å²) in [6, 6.07) is 5.01. The monoisotopic (exact) mass is 452 g/mol. The first-order valence-corrected chi connectivity index (χ1v) is 10.7. The zero-order valence-electron chi connectivity index (χ0n) is 18.4. The summed E-state index contributed by atoms with van der Waals surface area (Å²) in [5, 5.41) is 0. The number of carbonyl (C=O) groups is 2. The van der Waals surface area contributed by atoms with Crippen molar-refractivity contribution in [3.8, 4) is 0 Å². The molecule has 1 fully saturated rings. The van der Waals surface area contributed by atoms with E-state index in [0.29, 0.717) is 18.8 Å². The molecule has 2 aliphatic rings. The first kappa shape index (κ1) is 23.8. The molecule has 0 spiro atoms. The highest BCUT2D eigenvalue weighted by molar-refractivity contribution is 6.07. The van der Waals surface area contributed by atoms with Gasteiger partial charge >= 0.3 is 18.1 Å². The minimum absolute atomic E-state index is 0.0332. The Balaban J connectivity index is 2.30. The molecule has 174 valence electrons. The lowest BCUT2D eigenvalue weighted by Crippen LogP contribution is -2.40. The van der Waals surface area contributed by atoms with Crippen LogP contribution in [0.2, 0.25) is 0 Å². The fourth-order valence-electron chi connectivity index (χ4n) is 4.34. The van der Waals surface area contributed by atoms with E-state index in [1.54, 1.807) is 20.8 Å². The smallest absolute Gasteiger partial charge is 0.416 e. The second-order valence-electron chi connectivity index (χ2n) is 7.70. The minimum Gasteiger partial charge on any atom is -0.465 e. The van der Waals surface area contributed by atoms with E-state index in [9.17, 15) is 22.8 Å². The van der Waals surface area contributed by atoms with Gasteiger partial charge in [0.2, 0.25) is 0 Å². The number of likely N-dealkylation sites (tertiary alicyclic amines) is 1. The van der Waals surface area contributed by atoms with Crippen molar-refractivity contribution in [2.24, 2.45) is 10.9 Å². The lowest BCUT2D eigenvalue weighted by atomic mass is 9.74. The van der Waals surface area contributed by atoms with E-state index >= 15 is 0 Å². The molecule has 0 aromatic heterocycles. The van der Waals surface area contributed by atoms with Gasteiger partial charge in [-0.1, -0.05) is 18.2 Å². The lowest BCUT2D eigenvalue weighted by molar-refractivity contribution is -0.147. The van der Waals surface area contributed by atoms with E-state index in [2.05, 4.69) is 4.99 Å². The van der Waals surface area contributed by atoms with Crippen LogP contribution in [0.3, 0.4) is 0 Å². The van der Waals surface area contributed by atoms with Crippen LogP contribution in [0.15, 0.2) is 40.7 Å². The van der Waals surface area contributed by atoms with E-state index in [0.717, 1.165) is 18.9 Å². The molecular formula is C23H27F3N2O4. The number of ether oxygens (including phenoxy) is 2. The highest BCUT2D eigenvalue weighted by Crippen LogP contribution is 2.45. The van der Waals surface area contributed by atoms with Gasteiger partial charge in [-0.3, -0.25) is 4.79 Å². The third-order valence-electron chi connectivity index (χ3n) is 5.66. The highest BCUT2D eigenvalue weighted by atomic mass is 19.4. The molecule has 0 N–H and O–H groups in total. The Morgan fingerprint density at radius 3 is 2.31 bits per heavy atom. The molecule has 0 amide bonds. The Morgan fingerprint density at radius 1 is 1.09 bits per heavy atom. The summed E-state index contributed by atoms with van der Waals surface area (Å²) >= 11 is 0. The number of esters is 2. The van der Waals surface area contributed by atoms with Crippen LogP contribution in [0.5, 0.6) is 0 Å². The predicted octanol–water partition coefficient (Wildman–Crippen LogP) is 4.31. The maximum absolute atomic E-state index is 14.0. The fourth-order valence-corrected chi connectivity index (χ4v) is 4.34. The number of nitrogens with zero attached hydrogens (tertiary/aromatic N) is 2. The molecule has 2 atom stereocenters. The number of hydrogen-bond acceptors (Lipinski definition) is 6. The number of benzene rings is 1. The Morgan fingerprint density at radius 2 is 1.72 bits per heavy atom. The van der Waals surface area contributed by atoms with Gasteiger partial charge in [-0.05, 0) is 45.2 Å². The quantitative estimate of drug-likeness (QED) is 0.602. The summed E-state index contributed by atoms with van der Waals surface area (Å²) in [5.41, 5.74) is -0.807. The molecule has 3 rings (SSSR count). The molecule has 0 saturated carbocycles. The van der Waals surface area contributed by atoms with E-state index in [4.69, 9.17) is 9.47 Å². The molecule has 2 heterocycles. The Labute approximate surface area is 185 Å². The number of carbonyl (C=O) groups excluding carboxylic acids is 2. The summed E-state index contributed by atoms with van der Waals surface area (Å²) in [4.78, 5) is 32.5. The molecule has 32 heavy (non-hydrogen) atoms. The Kier molecular flexibility index (Phi) is 7.26. The van der Waals surface area contributed by atoms with Gasteiger partial charge in [0.1, 0.15) is 11.7 Å². The number of hydrogen-bond donors (Lipinski definition) is 0. The molecule has 0 radical (unpaired) electrons. The number of rotatable bonds is 6. The van der Waals surface area contributed by atoms with Crippen molar-refractivity contribution in [1.82, 2.24) is 4.90 Å². The summed E-state index contributed by atoms with van der Waals surface area (Å²) in [6.07, 6.45) is -2.93. The third-order valence-corrected chi connectivity index (χ3v) is 5.66. The van der Waals surface area contributed by atoms with Gasteiger partial charge in [0.25, 0.3) is 0 Å². The molecular weight excluding hydrogens is 425 g/mol. The molecule has 1 saturated heterocycles. The van der Waals surface area contributed by atoms with Gasteiger partial charge in [0.15, 0.2) is 0 Å². The summed E-state index contributed by atoms with van der Waals surface area (Å²) in [6.45, 7) is 6.14. The van der Waals surface area contributed by atoms with Crippen molar-refractivity contribution >= 4 is 17.7 Å².